The molecule has 5 N–H and O–H groups in total. The number of imide groups is 1. The van der Waals surface area contributed by atoms with Crippen LogP contribution in [0.3, 0.4) is 0 Å². The molecule has 3 aliphatic heterocycles. The van der Waals surface area contributed by atoms with Gasteiger partial charge in [0.1, 0.15) is 18.5 Å². The van der Waals surface area contributed by atoms with Crippen molar-refractivity contribution in [3.05, 3.63) is 136 Å². The molecule has 4 aliphatic carbocycles. The molecule has 5 fully saturated rings. The van der Waals surface area contributed by atoms with E-state index < -0.39 is 94.9 Å². The summed E-state index contributed by atoms with van der Waals surface area (Å²) in [4.78, 5) is 132. The van der Waals surface area contributed by atoms with Gasteiger partial charge in [-0.15, -0.1) is 0 Å². The highest BCUT2D eigenvalue weighted by Crippen LogP contribution is 2.72. The number of rotatable bonds is 27. The summed E-state index contributed by atoms with van der Waals surface area (Å²) >= 11 is 1.41. The molecule has 4 saturated carbocycles. The number of anilines is 2. The lowest BCUT2D eigenvalue weighted by Gasteiger charge is -2.69. The summed E-state index contributed by atoms with van der Waals surface area (Å²) in [6, 6.07) is 21.8. The quantitative estimate of drug-likeness (QED) is 0.0227. The molecule has 3 aromatic carbocycles. The summed E-state index contributed by atoms with van der Waals surface area (Å²) in [7, 11) is -2.68. The second kappa shape index (κ2) is 27.6. The Kier molecular flexibility index (Phi) is 19.3. The molecule has 6 heterocycles. The number of likely N-dealkylation sites (tertiary alicyclic amines) is 1. The number of nitrogens with zero attached hydrogens (tertiary/aromatic N) is 8. The highest BCUT2D eigenvalue weighted by atomic mass is 32.2. The van der Waals surface area contributed by atoms with Gasteiger partial charge in [0.2, 0.25) is 17.7 Å². The zero-order chi connectivity index (χ0) is 69.5. The van der Waals surface area contributed by atoms with Crippen molar-refractivity contribution in [2.24, 2.45) is 16.2 Å². The van der Waals surface area contributed by atoms with Crippen LogP contribution in [0.2, 0.25) is 0 Å². The average Bonchev–Trinajstić information content (AvgIpc) is 0.788. The highest BCUT2D eigenvalue weighted by Gasteiger charge is 2.66. The first kappa shape index (κ1) is 68.6. The van der Waals surface area contributed by atoms with Gasteiger partial charge in [0.15, 0.2) is 16.6 Å². The third-order valence-electron chi connectivity index (χ3n) is 19.6. The van der Waals surface area contributed by atoms with Gasteiger partial charge >= 0.3 is 12.1 Å². The molecule has 516 valence electrons. The zero-order valence-electron chi connectivity index (χ0n) is 54.7. The summed E-state index contributed by atoms with van der Waals surface area (Å²) in [6.45, 7) is 6.58. The predicted molar refractivity (Wildman–Crippen MR) is 357 cm³/mol. The number of ether oxygens (including phenoxy) is 3. The second-order valence-corrected chi connectivity index (χ2v) is 30.2. The third-order valence-corrected chi connectivity index (χ3v) is 21.2. The number of pyridine rings is 1. The van der Waals surface area contributed by atoms with E-state index in [-0.39, 0.29) is 72.8 Å². The van der Waals surface area contributed by atoms with E-state index in [1.54, 1.807) is 43.6 Å². The first-order valence-electron chi connectivity index (χ1n) is 32.5. The van der Waals surface area contributed by atoms with Gasteiger partial charge in [0, 0.05) is 80.6 Å². The van der Waals surface area contributed by atoms with Crippen LogP contribution in [0, 0.1) is 23.2 Å². The molecular weight excluding hydrogens is 1300 g/mol. The number of likely N-dealkylation sites (N-methyl/N-ethyl adjacent to an activating group) is 1. The number of hydrogen-bond acceptors (Lipinski definition) is 19. The van der Waals surface area contributed by atoms with Crippen molar-refractivity contribution in [2.45, 2.75) is 116 Å². The lowest BCUT2D eigenvalue weighted by molar-refractivity contribution is -0.248. The minimum Gasteiger partial charge on any atom is -0.476 e. The molecule has 6 aromatic rings. The maximum atomic E-state index is 13.8. The largest absolute Gasteiger partial charge is 0.476 e. The first-order chi connectivity index (χ1) is 46.6. The number of para-hydroxylation sites is 1. The fraction of sp³-hybridized carbons (Fsp3) is 0.449. The molecule has 4 atom stereocenters. The van der Waals surface area contributed by atoms with Crippen LogP contribution in [0.5, 0.6) is 0 Å². The maximum Gasteiger partial charge on any atom is 0.409 e. The van der Waals surface area contributed by atoms with Crippen LogP contribution in [0.1, 0.15) is 108 Å². The summed E-state index contributed by atoms with van der Waals surface area (Å²) in [5.74, 6) is -5.65. The SMILES string of the molecule is Cc1c(-c2ccc(N3CCc4cccc(C(=O)Nc5nc6ccccc6s5)c4C3)nc2C(=O)O)cnn1CC12CC3(C)CC(C)(C1)CC(OCCN(C)C(=O)OCc1ccc(CC(=O)CNC(=O)CNC(=O)CN4C(=O)[C@@H](N5C(=O)C=CC5=O)C[C@H]4COCCS(=O)(=O)O)cc1)(C3)C2. The Morgan fingerprint density at radius 2 is 1.54 bits per heavy atom. The molecule has 1 saturated heterocycles. The number of benzene rings is 3. The molecule has 27 nitrogen and oxygen atoms in total. The Morgan fingerprint density at radius 3 is 2.27 bits per heavy atom. The monoisotopic (exact) mass is 1380 g/mol. The van der Waals surface area contributed by atoms with E-state index in [9.17, 15) is 56.7 Å². The van der Waals surface area contributed by atoms with Crippen molar-refractivity contribution in [1.82, 2.24) is 45.1 Å². The smallest absolute Gasteiger partial charge is 0.409 e. The van der Waals surface area contributed by atoms with E-state index in [0.29, 0.717) is 71.4 Å². The number of amides is 7. The van der Waals surface area contributed by atoms with E-state index in [1.807, 2.05) is 65.0 Å². The number of aromatic nitrogens is 4. The van der Waals surface area contributed by atoms with Gasteiger partial charge in [-0.2, -0.15) is 13.5 Å². The van der Waals surface area contributed by atoms with Crippen molar-refractivity contribution in [3.63, 3.8) is 0 Å². The van der Waals surface area contributed by atoms with Gasteiger partial charge in [-0.25, -0.2) is 19.6 Å². The number of carboxylic acids is 1. The Morgan fingerprint density at radius 1 is 0.816 bits per heavy atom. The Balaban J connectivity index is 0.593. The van der Waals surface area contributed by atoms with Crippen LogP contribution in [-0.2, 0) is 85.6 Å². The Labute approximate surface area is 569 Å². The number of fused-ring (bicyclic) bond motifs is 2. The second-order valence-electron chi connectivity index (χ2n) is 27.6. The number of ketones is 1. The van der Waals surface area contributed by atoms with E-state index in [2.05, 4.69) is 34.8 Å². The fourth-order valence-electron chi connectivity index (χ4n) is 16.4. The molecule has 4 bridgehead atoms. The number of nitrogens with one attached hydrogen (secondary N) is 3. The number of Topliss-reactive ketones (excluding diaryl/α,β-unsaturated/α-hetero) is 1. The molecule has 0 spiro atoms. The van der Waals surface area contributed by atoms with Gasteiger partial charge in [0.05, 0.1) is 73.3 Å². The number of carboxylic acid groups (broad SMARTS) is 1. The van der Waals surface area contributed by atoms with E-state index in [0.717, 1.165) is 87.5 Å². The van der Waals surface area contributed by atoms with Gasteiger partial charge in [-0.05, 0) is 121 Å². The highest BCUT2D eigenvalue weighted by molar-refractivity contribution is 7.85. The predicted octanol–water partition coefficient (Wildman–Crippen LogP) is 5.92. The summed E-state index contributed by atoms with van der Waals surface area (Å²) < 4.78 is 52.3. The van der Waals surface area contributed by atoms with E-state index >= 15 is 0 Å². The molecule has 0 radical (unpaired) electrons. The number of hydrogen-bond donors (Lipinski definition) is 5. The lowest BCUT2D eigenvalue weighted by Crippen LogP contribution is -2.64. The van der Waals surface area contributed by atoms with Gasteiger partial charge in [0.25, 0.3) is 27.8 Å². The van der Waals surface area contributed by atoms with Crippen molar-refractivity contribution >= 4 is 95.9 Å². The van der Waals surface area contributed by atoms with Crippen LogP contribution < -0.4 is 20.9 Å². The molecule has 2 unspecified atom stereocenters. The molecule has 7 amide bonds. The standard InChI is InChI=1S/C69H77N11O16S2/c1-42-50(48-16-17-55(74-60(48)63(88)89)77-21-20-45-8-7-9-49(51(45)31-77)61(86)75-64-73-52-10-5-6-11-54(52)97-64)29-72-79(42)41-68-36-66(2)35-67(3,37-68)39-69(38-66,40-68)96-23-22-76(4)65(90)95-33-44-14-12-43(13-15-44)26-47(81)28-70-56(82)30-71-57(83)32-78-46(34-94-24-25-98(91,92)93)27-53(62(78)87)80-58(84)18-19-59(80)85/h5-19,29,46,53H,20-28,30-41H2,1-4H3,(H,70,82)(H,71,83)(H,88,89)(H,73,75,86)(H,91,92,93)/t46-,53-,66?,67?,68?,69?/m0/s1. The van der Waals surface area contributed by atoms with Crippen LogP contribution in [0.25, 0.3) is 21.3 Å². The topological polar surface area (TPSA) is 349 Å². The normalized spacial score (nSPS) is 23.2. The van der Waals surface area contributed by atoms with Gasteiger partial charge in [-0.3, -0.25) is 53.0 Å². The Hall–Kier alpha value is -9.29. The number of carbonyl (C=O) groups is 9. The fourth-order valence-corrected chi connectivity index (χ4v) is 17.6. The number of thiazole rings is 1. The van der Waals surface area contributed by atoms with Gasteiger partial charge in [-0.1, -0.05) is 73.7 Å². The zero-order valence-corrected chi connectivity index (χ0v) is 56.4. The van der Waals surface area contributed by atoms with E-state index in [1.165, 1.54) is 16.2 Å². The van der Waals surface area contributed by atoms with Crippen LogP contribution >= 0.6 is 11.3 Å². The summed E-state index contributed by atoms with van der Waals surface area (Å²) in [6.07, 6.45) is 9.35. The molecule has 13 rings (SSSR count). The number of carbonyl (C=O) groups excluding carboxylic acids is 8. The third kappa shape index (κ3) is 15.2. The lowest BCUT2D eigenvalue weighted by atomic mass is 9.39. The van der Waals surface area contributed by atoms with Crippen LogP contribution in [-0.4, -0.2) is 189 Å². The Bertz CT molecular complexity index is 4270. The van der Waals surface area contributed by atoms with Crippen LogP contribution in [0.4, 0.5) is 15.7 Å². The molecular formula is C69H77N11O16S2. The van der Waals surface area contributed by atoms with Crippen molar-refractivity contribution in [1.29, 1.82) is 0 Å². The molecule has 29 heteroatoms. The van der Waals surface area contributed by atoms with E-state index in [4.69, 9.17) is 28.8 Å². The molecule has 3 aromatic heterocycles. The number of aromatic carboxylic acids is 1. The first-order valence-corrected chi connectivity index (χ1v) is 34.9. The molecule has 7 aliphatic rings. The van der Waals surface area contributed by atoms with Crippen molar-refractivity contribution in [2.75, 3.05) is 75.6 Å². The van der Waals surface area contributed by atoms with Gasteiger partial charge < -0.3 is 44.7 Å². The summed E-state index contributed by atoms with van der Waals surface area (Å²) in [5, 5.41) is 24.0. The summed E-state index contributed by atoms with van der Waals surface area (Å²) in [5.41, 5.74) is 5.88. The molecule has 98 heavy (non-hydrogen) atoms. The van der Waals surface area contributed by atoms with Crippen molar-refractivity contribution in [3.8, 4) is 11.1 Å². The minimum absolute atomic E-state index is 0.00507. The van der Waals surface area contributed by atoms with Crippen molar-refractivity contribution < 1.29 is 75.4 Å². The minimum atomic E-state index is -4.35. The average molecular weight is 1380 g/mol. The van der Waals surface area contributed by atoms with Crippen LogP contribution in [0.15, 0.2) is 97.2 Å². The maximum absolute atomic E-state index is 13.8.